The zero-order valence-electron chi connectivity index (χ0n) is 14.6. The lowest BCUT2D eigenvalue weighted by Crippen LogP contribution is -2.40. The van der Waals surface area contributed by atoms with Crippen LogP contribution in [0.25, 0.3) is 0 Å². The van der Waals surface area contributed by atoms with Crippen molar-refractivity contribution in [3.8, 4) is 0 Å². The fraction of sp³-hybridized carbons (Fsp3) is 0.316. The number of rotatable bonds is 5. The number of benzene rings is 2. The van der Waals surface area contributed by atoms with E-state index in [1.165, 1.54) is 10.4 Å². The quantitative estimate of drug-likeness (QED) is 0.871. The molecule has 1 aliphatic heterocycles. The van der Waals surface area contributed by atoms with E-state index in [1.807, 2.05) is 37.3 Å². The van der Waals surface area contributed by atoms with Crippen LogP contribution in [0.15, 0.2) is 53.4 Å². The first kappa shape index (κ1) is 18.6. The zero-order valence-corrected chi connectivity index (χ0v) is 15.5. The molecule has 7 heteroatoms. The van der Waals surface area contributed by atoms with Crippen molar-refractivity contribution >= 4 is 21.6 Å². The van der Waals surface area contributed by atoms with Gasteiger partial charge in [-0.15, -0.1) is 0 Å². The molecule has 6 nitrogen and oxygen atoms in total. The van der Waals surface area contributed by atoms with E-state index in [4.69, 9.17) is 4.74 Å². The van der Waals surface area contributed by atoms with Crippen LogP contribution in [0.5, 0.6) is 0 Å². The van der Waals surface area contributed by atoms with Gasteiger partial charge in [0.2, 0.25) is 15.9 Å². The molecule has 0 atom stereocenters. The van der Waals surface area contributed by atoms with E-state index in [0.717, 1.165) is 11.1 Å². The third-order valence-corrected chi connectivity index (χ3v) is 6.19. The Hall–Kier alpha value is -2.22. The number of sulfonamides is 1. The molecule has 1 N–H and O–H groups in total. The maximum atomic E-state index is 12.8. The number of nitrogens with one attached hydrogen (secondary N) is 1. The number of anilines is 1. The molecular formula is C19H22N2O4S. The second kappa shape index (κ2) is 7.99. The number of hydrogen-bond acceptors (Lipinski definition) is 4. The molecule has 2 aromatic carbocycles. The van der Waals surface area contributed by atoms with Crippen molar-refractivity contribution in [3.05, 3.63) is 59.7 Å². The highest BCUT2D eigenvalue weighted by atomic mass is 32.2. The Morgan fingerprint density at radius 2 is 1.81 bits per heavy atom. The molecule has 0 radical (unpaired) electrons. The van der Waals surface area contributed by atoms with Gasteiger partial charge >= 0.3 is 0 Å². The Labute approximate surface area is 153 Å². The molecule has 0 aromatic heterocycles. The first-order valence-corrected chi connectivity index (χ1v) is 9.93. The Morgan fingerprint density at radius 1 is 1.12 bits per heavy atom. The highest BCUT2D eigenvalue weighted by Gasteiger charge is 2.26. The number of aryl methyl sites for hydroxylation is 1. The summed E-state index contributed by atoms with van der Waals surface area (Å²) in [6.45, 7) is 3.30. The second-order valence-corrected chi connectivity index (χ2v) is 8.14. The first-order chi connectivity index (χ1) is 12.5. The Morgan fingerprint density at radius 3 is 2.50 bits per heavy atom. The SMILES string of the molecule is Cc1ccc(S(=O)(=O)N2CCOCC2)cc1NC(=O)Cc1ccccc1. The van der Waals surface area contributed by atoms with Gasteiger partial charge in [0.05, 0.1) is 24.5 Å². The van der Waals surface area contributed by atoms with Crippen molar-refractivity contribution < 1.29 is 17.9 Å². The lowest BCUT2D eigenvalue weighted by atomic mass is 10.1. The molecule has 0 unspecified atom stereocenters. The molecule has 1 amide bonds. The number of amides is 1. The average Bonchev–Trinajstić information content (AvgIpc) is 2.65. The lowest BCUT2D eigenvalue weighted by Gasteiger charge is -2.26. The van der Waals surface area contributed by atoms with E-state index < -0.39 is 10.0 Å². The molecule has 3 rings (SSSR count). The monoisotopic (exact) mass is 374 g/mol. The van der Waals surface area contributed by atoms with Crippen molar-refractivity contribution in [2.75, 3.05) is 31.6 Å². The summed E-state index contributed by atoms with van der Waals surface area (Å²) in [6.07, 6.45) is 0.237. The number of nitrogens with zero attached hydrogens (tertiary/aromatic N) is 1. The molecule has 138 valence electrons. The van der Waals surface area contributed by atoms with E-state index in [-0.39, 0.29) is 17.2 Å². The normalized spacial score (nSPS) is 15.6. The summed E-state index contributed by atoms with van der Waals surface area (Å²) in [7, 11) is -3.59. The van der Waals surface area contributed by atoms with Crippen LogP contribution in [0.3, 0.4) is 0 Å². The fourth-order valence-corrected chi connectivity index (χ4v) is 4.24. The number of morpholine rings is 1. The van der Waals surface area contributed by atoms with Gasteiger partial charge in [0.1, 0.15) is 0 Å². The zero-order chi connectivity index (χ0) is 18.6. The van der Waals surface area contributed by atoms with Crippen molar-refractivity contribution in [2.24, 2.45) is 0 Å². The van der Waals surface area contributed by atoms with Crippen LogP contribution in [0, 0.1) is 6.92 Å². The summed E-state index contributed by atoms with van der Waals surface area (Å²) in [4.78, 5) is 12.5. The fourth-order valence-electron chi connectivity index (χ4n) is 2.81. The minimum absolute atomic E-state index is 0.180. The van der Waals surface area contributed by atoms with Crippen LogP contribution >= 0.6 is 0 Å². The number of ether oxygens (including phenoxy) is 1. The summed E-state index contributed by atoms with van der Waals surface area (Å²) in [5.41, 5.74) is 2.23. The highest BCUT2D eigenvalue weighted by Crippen LogP contribution is 2.24. The van der Waals surface area contributed by atoms with Crippen LogP contribution in [-0.2, 0) is 26.0 Å². The largest absolute Gasteiger partial charge is 0.379 e. The molecule has 1 saturated heterocycles. The van der Waals surface area contributed by atoms with Crippen LogP contribution < -0.4 is 5.32 Å². The van der Waals surface area contributed by atoms with Gasteiger partial charge in [0.15, 0.2) is 0 Å². The molecule has 1 heterocycles. The molecule has 0 spiro atoms. The summed E-state index contributed by atoms with van der Waals surface area (Å²) in [5, 5.41) is 2.83. The summed E-state index contributed by atoms with van der Waals surface area (Å²) in [5.74, 6) is -0.180. The first-order valence-electron chi connectivity index (χ1n) is 8.49. The van der Waals surface area contributed by atoms with E-state index in [9.17, 15) is 13.2 Å². The van der Waals surface area contributed by atoms with Gasteiger partial charge in [-0.2, -0.15) is 4.31 Å². The molecule has 1 fully saturated rings. The lowest BCUT2D eigenvalue weighted by molar-refractivity contribution is -0.115. The maximum absolute atomic E-state index is 12.8. The smallest absolute Gasteiger partial charge is 0.243 e. The maximum Gasteiger partial charge on any atom is 0.243 e. The number of carbonyl (C=O) groups is 1. The Bertz CT molecular complexity index is 876. The predicted octanol–water partition coefficient (Wildman–Crippen LogP) is 2.20. The van der Waals surface area contributed by atoms with E-state index >= 15 is 0 Å². The van der Waals surface area contributed by atoms with E-state index in [2.05, 4.69) is 5.32 Å². The van der Waals surface area contributed by atoms with Crippen molar-refractivity contribution in [3.63, 3.8) is 0 Å². The van der Waals surface area contributed by atoms with Crippen LogP contribution in [0.1, 0.15) is 11.1 Å². The van der Waals surface area contributed by atoms with Gasteiger partial charge in [-0.05, 0) is 30.2 Å². The number of hydrogen-bond donors (Lipinski definition) is 1. The van der Waals surface area contributed by atoms with Crippen molar-refractivity contribution in [2.45, 2.75) is 18.2 Å². The molecular weight excluding hydrogens is 352 g/mol. The molecule has 1 aliphatic rings. The minimum Gasteiger partial charge on any atom is -0.379 e. The van der Waals surface area contributed by atoms with Crippen LogP contribution in [-0.4, -0.2) is 44.9 Å². The topological polar surface area (TPSA) is 75.7 Å². The second-order valence-electron chi connectivity index (χ2n) is 6.20. The summed E-state index contributed by atoms with van der Waals surface area (Å²) >= 11 is 0. The third-order valence-electron chi connectivity index (χ3n) is 4.30. The molecule has 0 aliphatic carbocycles. The molecule has 26 heavy (non-hydrogen) atoms. The molecule has 0 bridgehead atoms. The van der Waals surface area contributed by atoms with Crippen molar-refractivity contribution in [1.82, 2.24) is 4.31 Å². The van der Waals surface area contributed by atoms with Gasteiger partial charge in [0.25, 0.3) is 0 Å². The summed E-state index contributed by atoms with van der Waals surface area (Å²) < 4.78 is 32.2. The standard InChI is InChI=1S/C19H22N2O4S/c1-15-7-8-17(26(23,24)21-9-11-25-12-10-21)14-18(15)20-19(22)13-16-5-3-2-4-6-16/h2-8,14H,9-13H2,1H3,(H,20,22). The van der Waals surface area contributed by atoms with Gasteiger partial charge in [-0.3, -0.25) is 4.79 Å². The van der Waals surface area contributed by atoms with Gasteiger partial charge in [-0.1, -0.05) is 36.4 Å². The third kappa shape index (κ3) is 4.30. The van der Waals surface area contributed by atoms with E-state index in [0.29, 0.717) is 32.0 Å². The van der Waals surface area contributed by atoms with E-state index in [1.54, 1.807) is 12.1 Å². The molecule has 2 aromatic rings. The van der Waals surface area contributed by atoms with Gasteiger partial charge in [-0.25, -0.2) is 8.42 Å². The van der Waals surface area contributed by atoms with Crippen LogP contribution in [0.4, 0.5) is 5.69 Å². The van der Waals surface area contributed by atoms with Crippen molar-refractivity contribution in [1.29, 1.82) is 0 Å². The minimum atomic E-state index is -3.59. The van der Waals surface area contributed by atoms with Crippen LogP contribution in [0.2, 0.25) is 0 Å². The Balaban J connectivity index is 1.78. The highest BCUT2D eigenvalue weighted by molar-refractivity contribution is 7.89. The van der Waals surface area contributed by atoms with Gasteiger partial charge in [0, 0.05) is 18.8 Å². The predicted molar refractivity (Wildman–Crippen MR) is 99.5 cm³/mol. The molecule has 0 saturated carbocycles. The average molecular weight is 374 g/mol. The van der Waals surface area contributed by atoms with Gasteiger partial charge < -0.3 is 10.1 Å². The number of carbonyl (C=O) groups excluding carboxylic acids is 1. The Kier molecular flexibility index (Phi) is 5.70. The summed E-state index contributed by atoms with van der Waals surface area (Å²) in [6, 6.07) is 14.2.